The van der Waals surface area contributed by atoms with Crippen molar-refractivity contribution in [2.24, 2.45) is 0 Å². The van der Waals surface area contributed by atoms with Crippen molar-refractivity contribution >= 4 is 40.4 Å². The number of methoxy groups -OCH3 is 2. The maximum atomic E-state index is 13.6. The average molecular weight is 562 g/mol. The van der Waals surface area contributed by atoms with Crippen molar-refractivity contribution in [2.75, 3.05) is 57.2 Å². The fraction of sp³-hybridized carbons (Fsp3) is 0.290. The van der Waals surface area contributed by atoms with Gasteiger partial charge in [0.1, 0.15) is 17.3 Å². The number of amides is 1. The smallest absolute Gasteiger partial charge is 0.300 e. The third kappa shape index (κ3) is 5.00. The number of hydrogen-bond donors (Lipinski definition) is 1. The number of likely N-dealkylation sites (N-methyl/N-ethyl adjacent to an activating group) is 1. The lowest BCUT2D eigenvalue weighted by molar-refractivity contribution is -0.132. The highest BCUT2D eigenvalue weighted by atomic mass is 35.5. The quantitative estimate of drug-likeness (QED) is 0.256. The first kappa shape index (κ1) is 27.6. The number of nitrogens with zero attached hydrogens (tertiary/aromatic N) is 3. The van der Waals surface area contributed by atoms with Crippen molar-refractivity contribution in [3.8, 4) is 11.5 Å². The number of halogens is 1. The number of rotatable bonds is 6. The lowest BCUT2D eigenvalue weighted by Crippen LogP contribution is -2.44. The molecule has 5 rings (SSSR count). The molecule has 0 aliphatic carbocycles. The Balaban J connectivity index is 1.63. The first-order chi connectivity index (χ1) is 19.2. The van der Waals surface area contributed by atoms with Crippen molar-refractivity contribution < 1.29 is 24.2 Å². The molecule has 9 heteroatoms. The Morgan fingerprint density at radius 2 is 1.55 bits per heavy atom. The molecule has 40 heavy (non-hydrogen) atoms. The van der Waals surface area contributed by atoms with E-state index in [1.807, 2.05) is 55.5 Å². The molecule has 3 aromatic rings. The van der Waals surface area contributed by atoms with Gasteiger partial charge in [-0.1, -0.05) is 41.4 Å². The van der Waals surface area contributed by atoms with E-state index in [2.05, 4.69) is 16.8 Å². The zero-order valence-electron chi connectivity index (χ0n) is 23.0. The number of aryl methyl sites for hydroxylation is 1. The van der Waals surface area contributed by atoms with E-state index in [0.29, 0.717) is 17.0 Å². The molecule has 2 fully saturated rings. The molecule has 1 N–H and O–H groups in total. The van der Waals surface area contributed by atoms with Crippen LogP contribution in [-0.4, -0.2) is 69.1 Å². The number of carbonyl (C=O) groups excluding carboxylic acids is 2. The lowest BCUT2D eigenvalue weighted by Gasteiger charge is -2.34. The highest BCUT2D eigenvalue weighted by Gasteiger charge is 2.47. The van der Waals surface area contributed by atoms with E-state index in [0.717, 1.165) is 37.4 Å². The van der Waals surface area contributed by atoms with Gasteiger partial charge in [-0.3, -0.25) is 14.5 Å². The van der Waals surface area contributed by atoms with E-state index >= 15 is 0 Å². The molecule has 0 saturated carbocycles. The van der Waals surface area contributed by atoms with Gasteiger partial charge in [0, 0.05) is 43.6 Å². The van der Waals surface area contributed by atoms with Crippen molar-refractivity contribution in [3.63, 3.8) is 0 Å². The van der Waals surface area contributed by atoms with E-state index < -0.39 is 17.7 Å². The van der Waals surface area contributed by atoms with Gasteiger partial charge >= 0.3 is 0 Å². The van der Waals surface area contributed by atoms with E-state index in [1.165, 1.54) is 31.3 Å². The Bertz CT molecular complexity index is 1480. The summed E-state index contributed by atoms with van der Waals surface area (Å²) in [6.07, 6.45) is 0. The molecular formula is C31H32ClN3O5. The van der Waals surface area contributed by atoms with Gasteiger partial charge in [-0.2, -0.15) is 0 Å². The van der Waals surface area contributed by atoms with Gasteiger partial charge in [0.15, 0.2) is 0 Å². The molecule has 8 nitrogen and oxygen atoms in total. The zero-order valence-corrected chi connectivity index (χ0v) is 23.7. The van der Waals surface area contributed by atoms with Crippen LogP contribution < -0.4 is 19.3 Å². The van der Waals surface area contributed by atoms with Crippen LogP contribution >= 0.6 is 11.6 Å². The van der Waals surface area contributed by atoms with Gasteiger partial charge in [-0.05, 0) is 49.9 Å². The second-order valence-electron chi connectivity index (χ2n) is 10.1. The van der Waals surface area contributed by atoms with Crippen molar-refractivity contribution in [2.45, 2.75) is 13.0 Å². The summed E-state index contributed by atoms with van der Waals surface area (Å²) in [4.78, 5) is 33.3. The molecule has 2 heterocycles. The number of aliphatic hydroxyl groups is 1. The van der Waals surface area contributed by atoms with E-state index in [1.54, 1.807) is 0 Å². The molecule has 2 saturated heterocycles. The minimum Gasteiger partial charge on any atom is -0.507 e. The minimum atomic E-state index is -0.861. The Morgan fingerprint density at radius 1 is 0.900 bits per heavy atom. The van der Waals surface area contributed by atoms with E-state index in [9.17, 15) is 14.7 Å². The van der Waals surface area contributed by atoms with Crippen LogP contribution in [0.1, 0.15) is 22.7 Å². The van der Waals surface area contributed by atoms with Gasteiger partial charge in [0.2, 0.25) is 0 Å². The number of aliphatic hydroxyl groups excluding tert-OH is 1. The van der Waals surface area contributed by atoms with Gasteiger partial charge < -0.3 is 24.4 Å². The van der Waals surface area contributed by atoms with Gasteiger partial charge in [-0.15, -0.1) is 0 Å². The first-order valence-electron chi connectivity index (χ1n) is 13.1. The molecular weight excluding hydrogens is 530 g/mol. The predicted molar refractivity (Wildman–Crippen MR) is 157 cm³/mol. The lowest BCUT2D eigenvalue weighted by atomic mass is 9.94. The molecule has 3 aromatic carbocycles. The summed E-state index contributed by atoms with van der Waals surface area (Å²) in [5.41, 5.74) is 3.41. The number of hydrogen-bond acceptors (Lipinski definition) is 7. The summed E-state index contributed by atoms with van der Waals surface area (Å²) < 4.78 is 10.8. The fourth-order valence-corrected chi connectivity index (χ4v) is 5.57. The molecule has 1 amide bonds. The van der Waals surface area contributed by atoms with E-state index in [-0.39, 0.29) is 27.7 Å². The highest BCUT2D eigenvalue weighted by Crippen LogP contribution is 2.45. The Hall–Kier alpha value is -4.01. The topological polar surface area (TPSA) is 82.5 Å². The third-order valence-electron chi connectivity index (χ3n) is 7.53. The zero-order chi connectivity index (χ0) is 28.6. The molecule has 1 atom stereocenters. The van der Waals surface area contributed by atoms with Crippen LogP contribution in [0.3, 0.4) is 0 Å². The van der Waals surface area contributed by atoms with Crippen molar-refractivity contribution in [1.29, 1.82) is 0 Å². The van der Waals surface area contributed by atoms with Crippen molar-refractivity contribution in [1.82, 2.24) is 4.90 Å². The summed E-state index contributed by atoms with van der Waals surface area (Å²) in [5, 5.41) is 11.8. The molecule has 0 bridgehead atoms. The number of carbonyl (C=O) groups is 2. The van der Waals surface area contributed by atoms with Crippen LogP contribution in [0.4, 0.5) is 11.4 Å². The number of anilines is 2. The Kier molecular flexibility index (Phi) is 7.74. The van der Waals surface area contributed by atoms with Crippen molar-refractivity contribution in [3.05, 3.63) is 87.9 Å². The maximum absolute atomic E-state index is 13.6. The van der Waals surface area contributed by atoms with Crippen LogP contribution in [0.2, 0.25) is 5.02 Å². The van der Waals surface area contributed by atoms with Crippen LogP contribution in [0.5, 0.6) is 11.5 Å². The molecule has 0 radical (unpaired) electrons. The predicted octanol–water partition coefficient (Wildman–Crippen LogP) is 5.04. The molecule has 208 valence electrons. The second-order valence-corrected chi connectivity index (χ2v) is 10.5. The monoisotopic (exact) mass is 561 g/mol. The third-order valence-corrected chi connectivity index (χ3v) is 7.82. The van der Waals surface area contributed by atoms with Crippen LogP contribution in [0.15, 0.2) is 66.2 Å². The molecule has 0 aromatic heterocycles. The molecule has 1 unspecified atom stereocenters. The Labute approximate surface area is 239 Å². The van der Waals surface area contributed by atoms with Crippen LogP contribution in [0, 0.1) is 6.92 Å². The normalized spacial score (nSPS) is 19.3. The Morgan fingerprint density at radius 3 is 2.17 bits per heavy atom. The summed E-state index contributed by atoms with van der Waals surface area (Å²) in [5.74, 6) is -1.28. The largest absolute Gasteiger partial charge is 0.507 e. The first-order valence-corrected chi connectivity index (χ1v) is 13.4. The summed E-state index contributed by atoms with van der Waals surface area (Å²) in [7, 11) is 5.02. The standard InChI is InChI=1S/C31H32ClN3O5/c1-19-6-5-7-20(16-19)28-27(29(36)23-17-24(32)26(40-4)18-25(23)39-3)30(37)31(38)35(28)22-10-8-21(9-11-22)34-14-12-33(2)13-15-34/h5-11,16-18,28,36H,12-15H2,1-4H3/b29-27+. The van der Waals surface area contributed by atoms with Gasteiger partial charge in [0.05, 0.1) is 36.4 Å². The minimum absolute atomic E-state index is 0.0433. The molecule has 2 aliphatic rings. The second kappa shape index (κ2) is 11.2. The number of ether oxygens (including phenoxy) is 2. The van der Waals surface area contributed by atoms with Crippen LogP contribution in [-0.2, 0) is 9.59 Å². The maximum Gasteiger partial charge on any atom is 0.300 e. The van der Waals surface area contributed by atoms with E-state index in [4.69, 9.17) is 21.1 Å². The fourth-order valence-electron chi connectivity index (χ4n) is 5.33. The van der Waals surface area contributed by atoms with Crippen LogP contribution in [0.25, 0.3) is 5.76 Å². The highest BCUT2D eigenvalue weighted by molar-refractivity contribution is 6.51. The number of Topliss-reactive ketones (excluding diaryl/α,β-unsaturated/α-hetero) is 1. The molecule has 0 spiro atoms. The number of benzene rings is 3. The summed E-state index contributed by atoms with van der Waals surface area (Å²) >= 11 is 6.38. The average Bonchev–Trinajstić information content (AvgIpc) is 3.23. The molecule has 2 aliphatic heterocycles. The summed E-state index contributed by atoms with van der Waals surface area (Å²) in [6.45, 7) is 5.71. The van der Waals surface area contributed by atoms with Gasteiger partial charge in [0.25, 0.3) is 11.7 Å². The number of piperazine rings is 1. The summed E-state index contributed by atoms with van der Waals surface area (Å²) in [6, 6.07) is 17.4. The van der Waals surface area contributed by atoms with Gasteiger partial charge in [-0.25, -0.2) is 0 Å². The number of ketones is 1. The SMILES string of the molecule is COc1cc(OC)c(/C(O)=C2\C(=O)C(=O)N(c3ccc(N4CCN(C)CC4)cc3)C2c2cccc(C)c2)cc1Cl.